The molecule has 3 rings (SSSR count). The third kappa shape index (κ3) is 2.13. The van der Waals surface area contributed by atoms with Crippen molar-refractivity contribution in [3.63, 3.8) is 0 Å². The highest BCUT2D eigenvalue weighted by Crippen LogP contribution is 2.08. The Morgan fingerprint density at radius 1 is 1.11 bits per heavy atom. The number of hydrogen-bond acceptors (Lipinski definition) is 3. The van der Waals surface area contributed by atoms with E-state index in [2.05, 4.69) is 39.2 Å². The summed E-state index contributed by atoms with van der Waals surface area (Å²) in [5, 5.41) is 0. The monoisotopic (exact) mass is 236 g/mol. The number of hydrogen-bond donors (Lipinski definition) is 0. The normalized spacial score (nSPS) is 11.3. The predicted octanol–water partition coefficient (Wildman–Crippen LogP) is 2.54. The molecule has 18 heavy (non-hydrogen) atoms. The van der Waals surface area contributed by atoms with Gasteiger partial charge in [-0.05, 0) is 5.56 Å². The van der Waals surface area contributed by atoms with E-state index >= 15 is 0 Å². The van der Waals surface area contributed by atoms with E-state index in [1.807, 2.05) is 22.8 Å². The average molecular weight is 236 g/mol. The Hall–Kier alpha value is -2.49. The number of fused-ring (bicyclic) bond motifs is 1. The number of benzene rings is 1. The maximum atomic E-state index is 4.25. The van der Waals surface area contributed by atoms with Crippen LogP contribution in [-0.2, 0) is 6.54 Å². The summed E-state index contributed by atoms with van der Waals surface area (Å²) in [6.45, 7) is 0.752. The molecule has 0 aliphatic heterocycles. The van der Waals surface area contributed by atoms with Gasteiger partial charge in [0.2, 0.25) is 0 Å². The molecule has 0 radical (unpaired) electrons. The number of rotatable bonds is 3. The van der Waals surface area contributed by atoms with Gasteiger partial charge in [0, 0.05) is 6.54 Å². The molecule has 4 heteroatoms. The molecule has 1 aromatic carbocycles. The van der Waals surface area contributed by atoms with Gasteiger partial charge in [-0.1, -0.05) is 42.5 Å². The maximum Gasteiger partial charge on any atom is 0.163 e. The molecule has 0 bridgehead atoms. The third-order valence-electron chi connectivity index (χ3n) is 2.69. The lowest BCUT2D eigenvalue weighted by Gasteiger charge is -1.97. The minimum absolute atomic E-state index is 0.752. The molecule has 88 valence electrons. The molecular formula is C14H12N4. The van der Waals surface area contributed by atoms with Gasteiger partial charge >= 0.3 is 0 Å². The molecule has 2 aromatic heterocycles. The van der Waals surface area contributed by atoms with Crippen molar-refractivity contribution >= 4 is 17.2 Å². The smallest absolute Gasteiger partial charge is 0.163 e. The quantitative estimate of drug-likeness (QED) is 0.702. The summed E-state index contributed by atoms with van der Waals surface area (Å²) in [5.41, 5.74) is 2.88. The Bertz CT molecular complexity index is 670. The molecule has 0 spiro atoms. The van der Waals surface area contributed by atoms with Gasteiger partial charge in [-0.2, -0.15) is 0 Å². The van der Waals surface area contributed by atoms with Crippen molar-refractivity contribution in [2.45, 2.75) is 6.54 Å². The van der Waals surface area contributed by atoms with Crippen LogP contribution >= 0.6 is 0 Å². The Balaban J connectivity index is 1.79. The van der Waals surface area contributed by atoms with E-state index in [1.54, 1.807) is 18.9 Å². The SMILES string of the molecule is C(=Cc1ccccc1)Cn1cnc2cncnc21. The first-order chi connectivity index (χ1) is 8.93. The van der Waals surface area contributed by atoms with Gasteiger partial charge in [0.25, 0.3) is 0 Å². The lowest BCUT2D eigenvalue weighted by molar-refractivity contribution is 0.839. The minimum Gasteiger partial charge on any atom is -0.311 e. The average Bonchev–Trinajstić information content (AvgIpc) is 2.84. The molecule has 0 aliphatic carbocycles. The molecule has 4 nitrogen and oxygen atoms in total. The largest absolute Gasteiger partial charge is 0.311 e. The molecule has 0 amide bonds. The van der Waals surface area contributed by atoms with Crippen molar-refractivity contribution in [1.82, 2.24) is 19.5 Å². The van der Waals surface area contributed by atoms with Gasteiger partial charge in [0.1, 0.15) is 11.8 Å². The summed E-state index contributed by atoms with van der Waals surface area (Å²) in [6, 6.07) is 10.2. The zero-order chi connectivity index (χ0) is 12.2. The van der Waals surface area contributed by atoms with Crippen LogP contribution in [0.5, 0.6) is 0 Å². The van der Waals surface area contributed by atoms with Gasteiger partial charge in [0.15, 0.2) is 5.65 Å². The zero-order valence-electron chi connectivity index (χ0n) is 9.77. The van der Waals surface area contributed by atoms with Gasteiger partial charge in [-0.3, -0.25) is 0 Å². The number of nitrogens with zero attached hydrogens (tertiary/aromatic N) is 4. The summed E-state index contributed by atoms with van der Waals surface area (Å²) in [6.07, 6.45) is 9.24. The van der Waals surface area contributed by atoms with Crippen LogP contribution in [0.3, 0.4) is 0 Å². The Kier molecular flexibility index (Phi) is 2.84. The second kappa shape index (κ2) is 4.79. The van der Waals surface area contributed by atoms with E-state index in [0.29, 0.717) is 0 Å². The van der Waals surface area contributed by atoms with Crippen LogP contribution in [0.4, 0.5) is 0 Å². The second-order valence-corrected chi connectivity index (χ2v) is 3.94. The highest BCUT2D eigenvalue weighted by molar-refractivity contribution is 5.68. The Labute approximate surface area is 105 Å². The van der Waals surface area contributed by atoms with E-state index in [9.17, 15) is 0 Å². The summed E-state index contributed by atoms with van der Waals surface area (Å²) >= 11 is 0. The number of aromatic nitrogens is 4. The van der Waals surface area contributed by atoms with Gasteiger partial charge < -0.3 is 4.57 Å². The van der Waals surface area contributed by atoms with Crippen molar-refractivity contribution in [3.8, 4) is 0 Å². The van der Waals surface area contributed by atoms with E-state index in [1.165, 1.54) is 5.56 Å². The zero-order valence-corrected chi connectivity index (χ0v) is 9.77. The van der Waals surface area contributed by atoms with E-state index in [4.69, 9.17) is 0 Å². The van der Waals surface area contributed by atoms with Crippen LogP contribution in [0.1, 0.15) is 5.56 Å². The van der Waals surface area contributed by atoms with Gasteiger partial charge in [0.05, 0.1) is 12.5 Å². The van der Waals surface area contributed by atoms with Crippen LogP contribution in [0.25, 0.3) is 17.2 Å². The summed E-state index contributed by atoms with van der Waals surface area (Å²) in [4.78, 5) is 12.4. The first kappa shape index (κ1) is 10.7. The van der Waals surface area contributed by atoms with Crippen molar-refractivity contribution in [3.05, 3.63) is 60.8 Å². The van der Waals surface area contributed by atoms with E-state index in [-0.39, 0.29) is 0 Å². The first-order valence-electron chi connectivity index (χ1n) is 5.76. The van der Waals surface area contributed by atoms with Crippen LogP contribution in [-0.4, -0.2) is 19.5 Å². The maximum absolute atomic E-state index is 4.25. The third-order valence-corrected chi connectivity index (χ3v) is 2.69. The second-order valence-electron chi connectivity index (χ2n) is 3.94. The lowest BCUT2D eigenvalue weighted by atomic mass is 10.2. The summed E-state index contributed by atoms with van der Waals surface area (Å²) in [5.74, 6) is 0. The van der Waals surface area contributed by atoms with Gasteiger partial charge in [-0.15, -0.1) is 0 Å². The Morgan fingerprint density at radius 3 is 2.89 bits per heavy atom. The molecule has 3 aromatic rings. The van der Waals surface area contributed by atoms with Crippen LogP contribution < -0.4 is 0 Å². The lowest BCUT2D eigenvalue weighted by Crippen LogP contribution is -1.94. The standard InChI is InChI=1S/C14H12N4/c1-2-5-12(6-3-1)7-4-8-18-11-17-13-9-15-10-16-14(13)18/h1-7,9-11H,8H2. The fraction of sp³-hybridized carbons (Fsp3) is 0.0714. The van der Waals surface area contributed by atoms with Crippen LogP contribution in [0, 0.1) is 0 Å². The van der Waals surface area contributed by atoms with Crippen molar-refractivity contribution < 1.29 is 0 Å². The van der Waals surface area contributed by atoms with E-state index < -0.39 is 0 Å². The number of imidazole rings is 1. The van der Waals surface area contributed by atoms with Crippen LogP contribution in [0.15, 0.2) is 55.3 Å². The summed E-state index contributed by atoms with van der Waals surface area (Å²) < 4.78 is 2.00. The fourth-order valence-electron chi connectivity index (χ4n) is 1.81. The van der Waals surface area contributed by atoms with Gasteiger partial charge in [-0.25, -0.2) is 15.0 Å². The number of allylic oxidation sites excluding steroid dienone is 1. The van der Waals surface area contributed by atoms with Crippen molar-refractivity contribution in [1.29, 1.82) is 0 Å². The molecule has 0 N–H and O–H groups in total. The summed E-state index contributed by atoms with van der Waals surface area (Å²) in [7, 11) is 0. The minimum atomic E-state index is 0.752. The predicted molar refractivity (Wildman–Crippen MR) is 70.8 cm³/mol. The van der Waals surface area contributed by atoms with Crippen molar-refractivity contribution in [2.75, 3.05) is 0 Å². The molecule has 0 saturated heterocycles. The molecule has 2 heterocycles. The van der Waals surface area contributed by atoms with E-state index in [0.717, 1.165) is 17.7 Å². The molecule has 0 aliphatic rings. The highest BCUT2D eigenvalue weighted by atomic mass is 15.1. The first-order valence-corrected chi connectivity index (χ1v) is 5.76. The molecule has 0 atom stereocenters. The molecule has 0 fully saturated rings. The Morgan fingerprint density at radius 2 is 2.00 bits per heavy atom. The van der Waals surface area contributed by atoms with Crippen molar-refractivity contribution in [2.24, 2.45) is 0 Å². The molecule has 0 unspecified atom stereocenters. The van der Waals surface area contributed by atoms with Crippen LogP contribution in [0.2, 0.25) is 0 Å². The fourth-order valence-corrected chi connectivity index (χ4v) is 1.81. The topological polar surface area (TPSA) is 43.6 Å². The molecular weight excluding hydrogens is 224 g/mol. The highest BCUT2D eigenvalue weighted by Gasteiger charge is 2.00. The molecule has 0 saturated carbocycles.